The second kappa shape index (κ2) is 3.97. The Morgan fingerprint density at radius 2 is 2.19 bits per heavy atom. The Hall–Kier alpha value is -1.23. The number of sulfone groups is 1. The van der Waals surface area contributed by atoms with Gasteiger partial charge in [0.05, 0.1) is 11.0 Å². The zero-order chi connectivity index (χ0) is 11.8. The molecule has 1 aliphatic rings. The summed E-state index contributed by atoms with van der Waals surface area (Å²) in [6.07, 6.45) is 1.83. The van der Waals surface area contributed by atoms with Crippen molar-refractivity contribution in [3.05, 3.63) is 23.8 Å². The molecule has 0 saturated carbocycles. The third kappa shape index (κ3) is 2.14. The number of phenolic OH excluding ortho intramolecular Hbond substituents is 1. The molecule has 1 heterocycles. The predicted molar refractivity (Wildman–Crippen MR) is 63.0 cm³/mol. The Balaban J connectivity index is 2.24. The molecule has 5 heteroatoms. The minimum atomic E-state index is -2.95. The lowest BCUT2D eigenvalue weighted by Crippen LogP contribution is -2.19. The number of nitrogens with two attached hydrogens (primary N) is 1. The second-order valence-electron chi connectivity index (χ2n) is 4.22. The van der Waals surface area contributed by atoms with Crippen molar-refractivity contribution < 1.29 is 13.5 Å². The SMILES string of the molecule is Nc1ccc(O)cc1CC1CCCS1(=O)=O. The normalized spacial score (nSPS) is 23.4. The van der Waals surface area contributed by atoms with E-state index >= 15 is 0 Å². The van der Waals surface area contributed by atoms with Crippen molar-refractivity contribution in [2.24, 2.45) is 0 Å². The van der Waals surface area contributed by atoms with Gasteiger partial charge in [-0.15, -0.1) is 0 Å². The van der Waals surface area contributed by atoms with Gasteiger partial charge in [-0.05, 0) is 43.0 Å². The highest BCUT2D eigenvalue weighted by molar-refractivity contribution is 7.92. The first-order valence-corrected chi connectivity index (χ1v) is 6.99. The van der Waals surface area contributed by atoms with Crippen molar-refractivity contribution >= 4 is 15.5 Å². The van der Waals surface area contributed by atoms with Gasteiger partial charge in [0.25, 0.3) is 0 Å². The van der Waals surface area contributed by atoms with E-state index in [4.69, 9.17) is 5.73 Å². The number of hydrogen-bond acceptors (Lipinski definition) is 4. The van der Waals surface area contributed by atoms with Crippen LogP contribution in [0.5, 0.6) is 5.75 Å². The van der Waals surface area contributed by atoms with Crippen molar-refractivity contribution in [1.29, 1.82) is 0 Å². The fraction of sp³-hybridized carbons (Fsp3) is 0.455. The number of hydrogen-bond donors (Lipinski definition) is 2. The van der Waals surface area contributed by atoms with Crippen LogP contribution in [0.15, 0.2) is 18.2 Å². The van der Waals surface area contributed by atoms with Gasteiger partial charge in [-0.3, -0.25) is 0 Å². The van der Waals surface area contributed by atoms with Gasteiger partial charge in [0.1, 0.15) is 5.75 Å². The van der Waals surface area contributed by atoms with Crippen LogP contribution < -0.4 is 5.73 Å². The summed E-state index contributed by atoms with van der Waals surface area (Å²) >= 11 is 0. The van der Waals surface area contributed by atoms with Gasteiger partial charge in [0.2, 0.25) is 0 Å². The van der Waals surface area contributed by atoms with E-state index in [2.05, 4.69) is 0 Å². The Kier molecular flexibility index (Phi) is 2.80. The molecule has 1 aromatic carbocycles. The Labute approximate surface area is 95.0 Å². The molecule has 0 aliphatic carbocycles. The van der Waals surface area contributed by atoms with Gasteiger partial charge in [-0.2, -0.15) is 0 Å². The molecule has 1 atom stereocenters. The molecule has 2 rings (SSSR count). The van der Waals surface area contributed by atoms with E-state index in [1.54, 1.807) is 12.1 Å². The Bertz CT molecular complexity index is 496. The molecule has 0 spiro atoms. The maximum Gasteiger partial charge on any atom is 0.153 e. The fourth-order valence-corrected chi connectivity index (χ4v) is 3.96. The van der Waals surface area contributed by atoms with Crippen LogP contribution >= 0.6 is 0 Å². The highest BCUT2D eigenvalue weighted by atomic mass is 32.2. The molecule has 88 valence electrons. The molecule has 1 unspecified atom stereocenters. The highest BCUT2D eigenvalue weighted by Crippen LogP contribution is 2.27. The lowest BCUT2D eigenvalue weighted by molar-refractivity contribution is 0.474. The maximum absolute atomic E-state index is 11.7. The summed E-state index contributed by atoms with van der Waals surface area (Å²) in [6, 6.07) is 4.65. The first-order chi connectivity index (χ1) is 7.49. The lowest BCUT2D eigenvalue weighted by atomic mass is 10.0. The van der Waals surface area contributed by atoms with Crippen LogP contribution in [0.25, 0.3) is 0 Å². The fourth-order valence-electron chi connectivity index (χ4n) is 2.10. The zero-order valence-electron chi connectivity index (χ0n) is 8.89. The third-order valence-corrected chi connectivity index (χ3v) is 5.31. The summed E-state index contributed by atoms with van der Waals surface area (Å²) in [7, 11) is -2.95. The van der Waals surface area contributed by atoms with Gasteiger partial charge in [-0.1, -0.05) is 0 Å². The summed E-state index contributed by atoms with van der Waals surface area (Å²) < 4.78 is 23.3. The van der Waals surface area contributed by atoms with Crippen molar-refractivity contribution in [1.82, 2.24) is 0 Å². The van der Waals surface area contributed by atoms with Gasteiger partial charge < -0.3 is 10.8 Å². The molecule has 0 bridgehead atoms. The van der Waals surface area contributed by atoms with Crippen LogP contribution in [0.1, 0.15) is 18.4 Å². The van der Waals surface area contributed by atoms with Crippen LogP contribution in [0.2, 0.25) is 0 Å². The molecule has 16 heavy (non-hydrogen) atoms. The molecule has 3 N–H and O–H groups in total. The Morgan fingerprint density at radius 3 is 2.81 bits per heavy atom. The minimum Gasteiger partial charge on any atom is -0.508 e. The first-order valence-electron chi connectivity index (χ1n) is 5.28. The average Bonchev–Trinajstić information content (AvgIpc) is 2.52. The van der Waals surface area contributed by atoms with E-state index in [1.165, 1.54) is 6.07 Å². The van der Waals surface area contributed by atoms with Gasteiger partial charge in [0, 0.05) is 5.69 Å². The van der Waals surface area contributed by atoms with Crippen LogP contribution in [0.3, 0.4) is 0 Å². The quantitative estimate of drug-likeness (QED) is 0.600. The average molecular weight is 241 g/mol. The van der Waals surface area contributed by atoms with E-state index in [1.807, 2.05) is 0 Å². The monoisotopic (exact) mass is 241 g/mol. The standard InChI is InChI=1S/C11H15NO3S/c12-11-4-3-9(13)6-8(11)7-10-2-1-5-16(10,14)15/h3-4,6,10,13H,1-2,5,7,12H2. The van der Waals surface area contributed by atoms with Crippen LogP contribution in [-0.4, -0.2) is 24.5 Å². The minimum absolute atomic E-state index is 0.125. The summed E-state index contributed by atoms with van der Waals surface area (Å²) in [5.74, 6) is 0.399. The van der Waals surface area contributed by atoms with E-state index in [-0.39, 0.29) is 16.8 Å². The number of nitrogen functional groups attached to an aromatic ring is 1. The smallest absolute Gasteiger partial charge is 0.153 e. The maximum atomic E-state index is 11.7. The molecule has 0 radical (unpaired) electrons. The predicted octanol–water partition coefficient (Wildman–Crippen LogP) is 1.09. The first kappa shape index (κ1) is 11.3. The molecule has 1 fully saturated rings. The molecule has 1 aromatic rings. The molecule has 1 aliphatic heterocycles. The van der Waals surface area contributed by atoms with E-state index < -0.39 is 9.84 Å². The summed E-state index contributed by atoms with van der Waals surface area (Å²) in [6.45, 7) is 0. The summed E-state index contributed by atoms with van der Waals surface area (Å²) in [5, 5.41) is 9.00. The summed E-state index contributed by atoms with van der Waals surface area (Å²) in [4.78, 5) is 0. The third-order valence-electron chi connectivity index (χ3n) is 3.04. The van der Waals surface area contributed by atoms with Crippen LogP contribution in [-0.2, 0) is 16.3 Å². The molecular formula is C11H15NO3S. The van der Waals surface area contributed by atoms with Crippen LogP contribution in [0, 0.1) is 0 Å². The topological polar surface area (TPSA) is 80.4 Å². The van der Waals surface area contributed by atoms with Crippen molar-refractivity contribution in [3.8, 4) is 5.75 Å². The molecule has 0 aromatic heterocycles. The number of benzene rings is 1. The number of rotatable bonds is 2. The van der Waals surface area contributed by atoms with E-state index in [9.17, 15) is 13.5 Å². The lowest BCUT2D eigenvalue weighted by Gasteiger charge is -2.11. The van der Waals surface area contributed by atoms with Crippen molar-refractivity contribution in [2.45, 2.75) is 24.5 Å². The number of aromatic hydroxyl groups is 1. The molecule has 4 nitrogen and oxygen atoms in total. The largest absolute Gasteiger partial charge is 0.508 e. The van der Waals surface area contributed by atoms with Gasteiger partial charge >= 0.3 is 0 Å². The van der Waals surface area contributed by atoms with Gasteiger partial charge in [0.15, 0.2) is 9.84 Å². The van der Waals surface area contributed by atoms with Crippen molar-refractivity contribution in [2.75, 3.05) is 11.5 Å². The van der Waals surface area contributed by atoms with Crippen LogP contribution in [0.4, 0.5) is 5.69 Å². The number of anilines is 1. The van der Waals surface area contributed by atoms with Gasteiger partial charge in [-0.25, -0.2) is 8.42 Å². The van der Waals surface area contributed by atoms with Crippen molar-refractivity contribution in [3.63, 3.8) is 0 Å². The second-order valence-corrected chi connectivity index (χ2v) is 6.62. The molecule has 0 amide bonds. The van der Waals surface area contributed by atoms with E-state index in [0.29, 0.717) is 18.5 Å². The highest BCUT2D eigenvalue weighted by Gasteiger charge is 2.31. The molecular weight excluding hydrogens is 226 g/mol. The molecule has 1 saturated heterocycles. The Morgan fingerprint density at radius 1 is 1.44 bits per heavy atom. The zero-order valence-corrected chi connectivity index (χ0v) is 9.70. The summed E-state index contributed by atoms with van der Waals surface area (Å²) in [5.41, 5.74) is 7.01. The van der Waals surface area contributed by atoms with E-state index in [0.717, 1.165) is 12.0 Å². The number of phenols is 1.